The number of nitrogens with zero attached hydrogens (tertiary/aromatic N) is 4. The summed E-state index contributed by atoms with van der Waals surface area (Å²) in [5.41, 5.74) is 3.02. The molecule has 1 aliphatic heterocycles. The van der Waals surface area contributed by atoms with Crippen molar-refractivity contribution in [2.75, 3.05) is 0 Å². The van der Waals surface area contributed by atoms with Crippen molar-refractivity contribution in [2.24, 2.45) is 0 Å². The van der Waals surface area contributed by atoms with Gasteiger partial charge in [0.15, 0.2) is 0 Å². The molecule has 1 aromatic carbocycles. The van der Waals surface area contributed by atoms with Gasteiger partial charge in [-0.25, -0.2) is 9.18 Å². The molecule has 0 fully saturated rings. The van der Waals surface area contributed by atoms with Gasteiger partial charge in [0.2, 0.25) is 0 Å². The molecule has 27 heavy (non-hydrogen) atoms. The zero-order chi connectivity index (χ0) is 19.1. The Bertz CT molecular complexity index is 1020. The van der Waals surface area contributed by atoms with E-state index < -0.39 is 11.9 Å². The summed E-state index contributed by atoms with van der Waals surface area (Å²) in [5, 5.41) is 14.4. The molecule has 0 aliphatic carbocycles. The molecule has 0 saturated carbocycles. The van der Waals surface area contributed by atoms with Crippen molar-refractivity contribution in [1.82, 2.24) is 19.7 Å². The predicted octanol–water partition coefficient (Wildman–Crippen LogP) is 4.29. The van der Waals surface area contributed by atoms with Crippen molar-refractivity contribution < 1.29 is 14.3 Å². The lowest BCUT2D eigenvalue weighted by atomic mass is 9.98. The Balaban J connectivity index is 1.95. The van der Waals surface area contributed by atoms with E-state index in [4.69, 9.17) is 11.6 Å². The van der Waals surface area contributed by atoms with E-state index in [1.807, 2.05) is 6.92 Å². The van der Waals surface area contributed by atoms with Crippen LogP contribution in [0.4, 0.5) is 9.18 Å². The van der Waals surface area contributed by atoms with Crippen molar-refractivity contribution in [2.45, 2.75) is 26.1 Å². The van der Waals surface area contributed by atoms with Crippen molar-refractivity contribution in [3.63, 3.8) is 0 Å². The maximum Gasteiger partial charge on any atom is 0.407 e. The van der Waals surface area contributed by atoms with Crippen LogP contribution in [0.3, 0.4) is 0 Å². The summed E-state index contributed by atoms with van der Waals surface area (Å²) < 4.78 is 16.4. The number of hydrogen-bond donors (Lipinski definition) is 1. The number of carbonyl (C=O) groups is 1. The summed E-state index contributed by atoms with van der Waals surface area (Å²) in [7, 11) is 0. The summed E-state index contributed by atoms with van der Waals surface area (Å²) in [5.74, 6) is -0.476. The lowest BCUT2D eigenvalue weighted by Gasteiger charge is -2.32. The Morgan fingerprint density at radius 1 is 1.30 bits per heavy atom. The number of aromatic nitrogens is 3. The lowest BCUT2D eigenvalue weighted by molar-refractivity contribution is 0.105. The minimum atomic E-state index is -0.991. The molecule has 6 nitrogen and oxygen atoms in total. The number of carboxylic acid groups (broad SMARTS) is 1. The maximum atomic E-state index is 14.6. The van der Waals surface area contributed by atoms with Crippen molar-refractivity contribution in [3.8, 4) is 22.4 Å². The molecule has 0 bridgehead atoms. The summed E-state index contributed by atoms with van der Waals surface area (Å²) in [4.78, 5) is 17.0. The second-order valence-corrected chi connectivity index (χ2v) is 6.91. The Hall–Kier alpha value is -2.93. The zero-order valence-corrected chi connectivity index (χ0v) is 15.2. The summed E-state index contributed by atoms with van der Waals surface area (Å²) in [6, 6.07) is 7.83. The predicted molar refractivity (Wildman–Crippen MR) is 98.9 cm³/mol. The molecule has 3 heterocycles. The monoisotopic (exact) mass is 386 g/mol. The van der Waals surface area contributed by atoms with E-state index in [2.05, 4.69) is 10.1 Å². The summed E-state index contributed by atoms with van der Waals surface area (Å²) >= 11 is 5.89. The first-order valence-electron chi connectivity index (χ1n) is 8.40. The van der Waals surface area contributed by atoms with Gasteiger partial charge in [0.1, 0.15) is 11.5 Å². The van der Waals surface area contributed by atoms with Crippen LogP contribution in [0.5, 0.6) is 0 Å². The third kappa shape index (κ3) is 3.04. The third-order valence-electron chi connectivity index (χ3n) is 4.75. The highest BCUT2D eigenvalue weighted by Crippen LogP contribution is 2.38. The van der Waals surface area contributed by atoms with Crippen LogP contribution in [0, 0.1) is 5.82 Å². The molecule has 8 heteroatoms. The molecule has 1 aliphatic rings. The standard InChI is InChI=1S/C19H16ClFN4O2/c1-11-9-25-16(10-24(11)19(26)27)17(12-4-6-22-7-5-12)18(23-25)14-3-2-13(20)8-15(14)21/h2-8,11H,9-10H2,1H3,(H,26,27). The van der Waals surface area contributed by atoms with Crippen molar-refractivity contribution in [1.29, 1.82) is 0 Å². The largest absolute Gasteiger partial charge is 0.465 e. The van der Waals surface area contributed by atoms with Gasteiger partial charge >= 0.3 is 6.09 Å². The second kappa shape index (κ2) is 6.66. The Kier molecular flexibility index (Phi) is 4.31. The molecular weight excluding hydrogens is 371 g/mol. The molecular formula is C19H16ClFN4O2. The van der Waals surface area contributed by atoms with Crippen LogP contribution in [0.25, 0.3) is 22.4 Å². The first kappa shape index (κ1) is 17.5. The van der Waals surface area contributed by atoms with E-state index in [1.165, 1.54) is 11.0 Å². The maximum absolute atomic E-state index is 14.6. The SMILES string of the molecule is CC1Cn2nc(-c3ccc(Cl)cc3F)c(-c3ccncc3)c2CN1C(=O)O. The topological polar surface area (TPSA) is 71.2 Å². The summed E-state index contributed by atoms with van der Waals surface area (Å²) in [6.07, 6.45) is 2.29. The third-order valence-corrected chi connectivity index (χ3v) is 4.98. The van der Waals surface area contributed by atoms with Gasteiger partial charge in [0, 0.05) is 28.5 Å². The van der Waals surface area contributed by atoms with E-state index in [9.17, 15) is 14.3 Å². The van der Waals surface area contributed by atoms with Crippen LogP contribution in [0.15, 0.2) is 42.7 Å². The molecule has 0 saturated heterocycles. The van der Waals surface area contributed by atoms with Gasteiger partial charge in [0.05, 0.1) is 24.8 Å². The van der Waals surface area contributed by atoms with Gasteiger partial charge in [-0.3, -0.25) is 14.6 Å². The number of fused-ring (bicyclic) bond motifs is 1. The molecule has 1 unspecified atom stereocenters. The molecule has 1 N–H and O–H groups in total. The van der Waals surface area contributed by atoms with Crippen LogP contribution in [0.2, 0.25) is 5.02 Å². The van der Waals surface area contributed by atoms with E-state index in [1.54, 1.807) is 41.3 Å². The molecule has 3 aromatic rings. The highest BCUT2D eigenvalue weighted by molar-refractivity contribution is 6.30. The van der Waals surface area contributed by atoms with Gasteiger partial charge in [-0.2, -0.15) is 5.10 Å². The van der Waals surface area contributed by atoms with Gasteiger partial charge in [-0.05, 0) is 42.8 Å². The van der Waals surface area contributed by atoms with Crippen LogP contribution < -0.4 is 0 Å². The normalized spacial score (nSPS) is 16.3. The minimum absolute atomic E-state index is 0.177. The van der Waals surface area contributed by atoms with Crippen molar-refractivity contribution >= 4 is 17.7 Å². The molecule has 138 valence electrons. The highest BCUT2D eigenvalue weighted by atomic mass is 35.5. The number of pyridine rings is 1. The first-order chi connectivity index (χ1) is 13.0. The van der Waals surface area contributed by atoms with Gasteiger partial charge in [0.25, 0.3) is 0 Å². The highest BCUT2D eigenvalue weighted by Gasteiger charge is 2.32. The van der Waals surface area contributed by atoms with Gasteiger partial charge in [-0.15, -0.1) is 0 Å². The zero-order valence-electron chi connectivity index (χ0n) is 14.4. The fourth-order valence-electron chi connectivity index (χ4n) is 3.42. The Labute approximate surface area is 159 Å². The fraction of sp³-hybridized carbons (Fsp3) is 0.211. The Morgan fingerprint density at radius 3 is 2.70 bits per heavy atom. The van der Waals surface area contributed by atoms with Crippen LogP contribution >= 0.6 is 11.6 Å². The minimum Gasteiger partial charge on any atom is -0.465 e. The van der Waals surface area contributed by atoms with E-state index in [-0.39, 0.29) is 12.6 Å². The fourth-order valence-corrected chi connectivity index (χ4v) is 3.58. The quantitative estimate of drug-likeness (QED) is 0.713. The van der Waals surface area contributed by atoms with Crippen LogP contribution in [-0.2, 0) is 13.1 Å². The second-order valence-electron chi connectivity index (χ2n) is 6.47. The van der Waals surface area contributed by atoms with Gasteiger partial charge < -0.3 is 5.11 Å². The van der Waals surface area contributed by atoms with Crippen LogP contribution in [-0.4, -0.2) is 36.9 Å². The van der Waals surface area contributed by atoms with E-state index >= 15 is 0 Å². The average Bonchev–Trinajstić information content (AvgIpc) is 2.99. The molecule has 1 atom stereocenters. The lowest BCUT2D eigenvalue weighted by Crippen LogP contribution is -2.44. The number of amides is 1. The first-order valence-corrected chi connectivity index (χ1v) is 8.78. The smallest absolute Gasteiger partial charge is 0.407 e. The molecule has 2 aromatic heterocycles. The molecule has 0 spiro atoms. The Morgan fingerprint density at radius 2 is 2.04 bits per heavy atom. The number of benzene rings is 1. The number of hydrogen-bond acceptors (Lipinski definition) is 3. The number of halogens is 2. The molecule has 1 amide bonds. The summed E-state index contributed by atoms with van der Waals surface area (Å²) in [6.45, 7) is 2.40. The van der Waals surface area contributed by atoms with Crippen molar-refractivity contribution in [3.05, 3.63) is 59.3 Å². The van der Waals surface area contributed by atoms with E-state index in [0.29, 0.717) is 28.4 Å². The number of rotatable bonds is 2. The van der Waals surface area contributed by atoms with Crippen LogP contribution in [0.1, 0.15) is 12.6 Å². The average molecular weight is 387 g/mol. The van der Waals surface area contributed by atoms with Gasteiger partial charge in [-0.1, -0.05) is 11.6 Å². The molecule has 0 radical (unpaired) electrons. The van der Waals surface area contributed by atoms with E-state index in [0.717, 1.165) is 11.3 Å². The molecule has 4 rings (SSSR count).